The van der Waals surface area contributed by atoms with Crippen LogP contribution in [-0.4, -0.2) is 35.8 Å². The molecule has 0 amide bonds. The molecule has 1 fully saturated rings. The molecule has 3 rings (SSSR count). The van der Waals surface area contributed by atoms with Gasteiger partial charge in [0.2, 0.25) is 0 Å². The van der Waals surface area contributed by atoms with Gasteiger partial charge in [-0.1, -0.05) is 13.8 Å². The molecule has 2 unspecified atom stereocenters. The quantitative estimate of drug-likeness (QED) is 0.866. The van der Waals surface area contributed by atoms with Crippen LogP contribution < -0.4 is 4.90 Å². The van der Waals surface area contributed by atoms with Gasteiger partial charge in [0.1, 0.15) is 17.0 Å². The summed E-state index contributed by atoms with van der Waals surface area (Å²) in [6.07, 6.45) is 3.07. The minimum atomic E-state index is 0.151. The number of ether oxygens (including phenoxy) is 1. The van der Waals surface area contributed by atoms with E-state index in [0.29, 0.717) is 12.1 Å². The normalized spacial score (nSPS) is 24.6. The van der Waals surface area contributed by atoms with E-state index in [0.717, 1.165) is 29.1 Å². The van der Waals surface area contributed by atoms with Gasteiger partial charge in [0.25, 0.3) is 0 Å². The lowest BCUT2D eigenvalue weighted by Crippen LogP contribution is -2.61. The van der Waals surface area contributed by atoms with Crippen LogP contribution in [0, 0.1) is 5.41 Å². The molecule has 1 aliphatic carbocycles. The molecule has 5 heteroatoms. The molecule has 0 aromatic carbocycles. The lowest BCUT2D eigenvalue weighted by atomic mass is 9.64. The Morgan fingerprint density at radius 1 is 1.45 bits per heavy atom. The van der Waals surface area contributed by atoms with Gasteiger partial charge >= 0.3 is 0 Å². The Hall–Kier alpha value is -1.20. The maximum atomic E-state index is 5.82. The van der Waals surface area contributed by atoms with E-state index in [-0.39, 0.29) is 5.41 Å². The van der Waals surface area contributed by atoms with Crippen LogP contribution in [-0.2, 0) is 4.74 Å². The summed E-state index contributed by atoms with van der Waals surface area (Å²) >= 11 is 1.66. The Bertz CT molecular complexity index is 610. The summed E-state index contributed by atoms with van der Waals surface area (Å²) in [7, 11) is 2.13. The van der Waals surface area contributed by atoms with Crippen molar-refractivity contribution in [2.24, 2.45) is 5.41 Å². The molecule has 0 saturated heterocycles. The van der Waals surface area contributed by atoms with Crippen molar-refractivity contribution < 1.29 is 4.74 Å². The topological polar surface area (TPSA) is 38.2 Å². The minimum Gasteiger partial charge on any atom is -0.378 e. The van der Waals surface area contributed by atoms with Gasteiger partial charge in [0.15, 0.2) is 0 Å². The average molecular weight is 291 g/mol. The highest BCUT2D eigenvalue weighted by Gasteiger charge is 2.51. The molecule has 1 aliphatic rings. The first-order valence-electron chi connectivity index (χ1n) is 7.08. The van der Waals surface area contributed by atoms with Gasteiger partial charge in [-0.15, -0.1) is 11.3 Å². The van der Waals surface area contributed by atoms with E-state index in [1.165, 1.54) is 0 Å². The lowest BCUT2D eigenvalue weighted by molar-refractivity contribution is -0.104. The molecule has 0 bridgehead atoms. The molecule has 0 radical (unpaired) electrons. The number of nitrogens with zero attached hydrogens (tertiary/aromatic N) is 3. The van der Waals surface area contributed by atoms with Crippen molar-refractivity contribution in [3.8, 4) is 0 Å². The molecule has 20 heavy (non-hydrogen) atoms. The van der Waals surface area contributed by atoms with Crippen molar-refractivity contribution in [1.29, 1.82) is 0 Å². The van der Waals surface area contributed by atoms with E-state index in [2.05, 4.69) is 54.1 Å². The number of thiophene rings is 1. The molecule has 2 heterocycles. The molecule has 0 N–H and O–H groups in total. The largest absolute Gasteiger partial charge is 0.378 e. The zero-order valence-electron chi connectivity index (χ0n) is 12.5. The second kappa shape index (κ2) is 4.97. The molecule has 1 saturated carbocycles. The van der Waals surface area contributed by atoms with Gasteiger partial charge in [0, 0.05) is 25.1 Å². The van der Waals surface area contributed by atoms with Crippen molar-refractivity contribution in [3.05, 3.63) is 17.8 Å². The fourth-order valence-corrected chi connectivity index (χ4v) is 3.94. The van der Waals surface area contributed by atoms with Gasteiger partial charge in [-0.3, -0.25) is 0 Å². The van der Waals surface area contributed by atoms with Gasteiger partial charge in [-0.2, -0.15) is 0 Å². The Kier molecular flexibility index (Phi) is 3.42. The fourth-order valence-electron chi connectivity index (χ4n) is 3.21. The van der Waals surface area contributed by atoms with Gasteiger partial charge in [-0.25, -0.2) is 9.97 Å². The smallest absolute Gasteiger partial charge is 0.140 e. The van der Waals surface area contributed by atoms with Crippen LogP contribution in [0.4, 0.5) is 5.82 Å². The highest BCUT2D eigenvalue weighted by molar-refractivity contribution is 7.16. The maximum absolute atomic E-state index is 5.82. The van der Waals surface area contributed by atoms with Gasteiger partial charge in [0.05, 0.1) is 11.5 Å². The number of anilines is 1. The molecule has 2 atom stereocenters. The second-order valence-electron chi connectivity index (χ2n) is 5.96. The molecular formula is C15H21N3OS. The van der Waals surface area contributed by atoms with Crippen LogP contribution in [0.15, 0.2) is 17.8 Å². The van der Waals surface area contributed by atoms with Crippen LogP contribution in [0.1, 0.15) is 27.2 Å². The SMILES string of the molecule is CCOC1CC(N(C)c2ncnc3sccc23)C1(C)C. The monoisotopic (exact) mass is 291 g/mol. The molecule has 0 spiro atoms. The maximum Gasteiger partial charge on any atom is 0.140 e. The first-order valence-corrected chi connectivity index (χ1v) is 7.96. The highest BCUT2D eigenvalue weighted by atomic mass is 32.1. The Labute approximate surface area is 123 Å². The van der Waals surface area contributed by atoms with Crippen molar-refractivity contribution in [1.82, 2.24) is 9.97 Å². The van der Waals surface area contributed by atoms with E-state index in [1.807, 2.05) is 0 Å². The third-order valence-electron chi connectivity index (χ3n) is 4.54. The molecular weight excluding hydrogens is 270 g/mol. The minimum absolute atomic E-state index is 0.151. The molecule has 4 nitrogen and oxygen atoms in total. The summed E-state index contributed by atoms with van der Waals surface area (Å²) in [4.78, 5) is 12.2. The Morgan fingerprint density at radius 3 is 2.95 bits per heavy atom. The Morgan fingerprint density at radius 2 is 2.25 bits per heavy atom. The van der Waals surface area contributed by atoms with Crippen LogP contribution >= 0.6 is 11.3 Å². The summed E-state index contributed by atoms with van der Waals surface area (Å²) in [5.41, 5.74) is 0.151. The van der Waals surface area contributed by atoms with Crippen LogP contribution in [0.5, 0.6) is 0 Å². The molecule has 2 aromatic heterocycles. The number of fused-ring (bicyclic) bond motifs is 1. The number of aromatic nitrogens is 2. The summed E-state index contributed by atoms with van der Waals surface area (Å²) in [5, 5.41) is 3.22. The zero-order valence-corrected chi connectivity index (χ0v) is 13.3. The third-order valence-corrected chi connectivity index (χ3v) is 5.36. The van der Waals surface area contributed by atoms with Crippen molar-refractivity contribution in [2.75, 3.05) is 18.6 Å². The van der Waals surface area contributed by atoms with Crippen LogP contribution in [0.2, 0.25) is 0 Å². The van der Waals surface area contributed by atoms with Crippen LogP contribution in [0.25, 0.3) is 10.2 Å². The fraction of sp³-hybridized carbons (Fsp3) is 0.600. The van der Waals surface area contributed by atoms with Crippen molar-refractivity contribution in [2.45, 2.75) is 39.3 Å². The predicted octanol–water partition coefficient (Wildman–Crippen LogP) is 3.33. The van der Waals surface area contributed by atoms with Crippen molar-refractivity contribution in [3.63, 3.8) is 0 Å². The van der Waals surface area contributed by atoms with Crippen molar-refractivity contribution >= 4 is 27.4 Å². The van der Waals surface area contributed by atoms with E-state index in [4.69, 9.17) is 4.74 Å². The van der Waals surface area contributed by atoms with E-state index >= 15 is 0 Å². The third kappa shape index (κ3) is 2.00. The summed E-state index contributed by atoms with van der Waals surface area (Å²) in [6, 6.07) is 2.56. The summed E-state index contributed by atoms with van der Waals surface area (Å²) in [6.45, 7) is 7.41. The van der Waals surface area contributed by atoms with Gasteiger partial charge < -0.3 is 9.64 Å². The average Bonchev–Trinajstić information content (AvgIpc) is 2.90. The summed E-state index contributed by atoms with van der Waals surface area (Å²) < 4.78 is 5.82. The van der Waals surface area contributed by atoms with Gasteiger partial charge in [-0.05, 0) is 24.8 Å². The first-order chi connectivity index (χ1) is 9.55. The molecule has 0 aliphatic heterocycles. The Balaban J connectivity index is 1.87. The first kappa shape index (κ1) is 13.8. The van der Waals surface area contributed by atoms with E-state index in [1.54, 1.807) is 17.7 Å². The van der Waals surface area contributed by atoms with Crippen LogP contribution in [0.3, 0.4) is 0 Å². The van der Waals surface area contributed by atoms with E-state index < -0.39 is 0 Å². The molecule has 2 aromatic rings. The highest BCUT2D eigenvalue weighted by Crippen LogP contribution is 2.47. The number of hydrogen-bond donors (Lipinski definition) is 0. The lowest BCUT2D eigenvalue weighted by Gasteiger charge is -2.55. The number of hydrogen-bond acceptors (Lipinski definition) is 5. The zero-order chi connectivity index (χ0) is 14.3. The standard InChI is InChI=1S/C15H21N3OS/c1-5-19-12-8-11(15(12,2)3)18(4)13-10-6-7-20-14(10)17-9-16-13/h6-7,9,11-12H,5,8H2,1-4H3. The summed E-state index contributed by atoms with van der Waals surface area (Å²) in [5.74, 6) is 1.03. The predicted molar refractivity (Wildman–Crippen MR) is 83.4 cm³/mol. The molecule has 108 valence electrons. The second-order valence-corrected chi connectivity index (χ2v) is 6.86. The number of rotatable bonds is 4. The van der Waals surface area contributed by atoms with E-state index in [9.17, 15) is 0 Å².